The van der Waals surface area contributed by atoms with E-state index < -0.39 is 0 Å². The Labute approximate surface area is 107 Å². The number of hydrogen-bond acceptors (Lipinski definition) is 2. The van der Waals surface area contributed by atoms with Crippen molar-refractivity contribution in [1.29, 1.82) is 0 Å². The molecule has 0 aromatic rings. The van der Waals surface area contributed by atoms with E-state index in [0.29, 0.717) is 12.2 Å². The molecule has 1 N–H and O–H groups in total. The van der Waals surface area contributed by atoms with Crippen molar-refractivity contribution in [2.24, 2.45) is 11.8 Å². The van der Waals surface area contributed by atoms with Gasteiger partial charge >= 0.3 is 0 Å². The molecule has 17 heavy (non-hydrogen) atoms. The molecular formula is C15H29NO. The molecule has 2 rings (SSSR count). The van der Waals surface area contributed by atoms with Gasteiger partial charge in [-0.15, -0.1) is 0 Å². The average Bonchev–Trinajstić information content (AvgIpc) is 2.28. The lowest BCUT2D eigenvalue weighted by Gasteiger charge is -2.36. The number of rotatable bonds is 3. The second-order valence-corrected chi connectivity index (χ2v) is 6.44. The first-order valence-corrected chi connectivity index (χ1v) is 7.50. The van der Waals surface area contributed by atoms with E-state index in [1.165, 1.54) is 44.9 Å². The number of nitrogens with one attached hydrogen (secondary N) is 1. The molecule has 2 nitrogen and oxygen atoms in total. The maximum atomic E-state index is 6.34. The summed E-state index contributed by atoms with van der Waals surface area (Å²) in [4.78, 5) is 0. The van der Waals surface area contributed by atoms with E-state index in [2.05, 4.69) is 26.2 Å². The molecule has 2 aliphatic rings. The van der Waals surface area contributed by atoms with Gasteiger partial charge in [0.25, 0.3) is 0 Å². The van der Waals surface area contributed by atoms with Crippen LogP contribution >= 0.6 is 0 Å². The molecule has 0 aliphatic heterocycles. The highest BCUT2D eigenvalue weighted by atomic mass is 16.5. The Bertz CT molecular complexity index is 213. The first-order valence-electron chi connectivity index (χ1n) is 7.50. The first kappa shape index (κ1) is 13.4. The molecule has 0 saturated heterocycles. The lowest BCUT2D eigenvalue weighted by molar-refractivity contribution is -0.0642. The van der Waals surface area contributed by atoms with Gasteiger partial charge in [-0.05, 0) is 63.8 Å². The molecule has 0 amide bonds. The van der Waals surface area contributed by atoms with E-state index in [0.717, 1.165) is 17.9 Å². The summed E-state index contributed by atoms with van der Waals surface area (Å²) in [5.41, 5.74) is 0. The fraction of sp³-hybridized carbons (Fsp3) is 1.00. The van der Waals surface area contributed by atoms with Crippen molar-refractivity contribution in [2.75, 3.05) is 7.05 Å². The van der Waals surface area contributed by atoms with Crippen LogP contribution in [0.2, 0.25) is 0 Å². The van der Waals surface area contributed by atoms with E-state index in [1.54, 1.807) is 0 Å². The largest absolute Gasteiger partial charge is 0.375 e. The smallest absolute Gasteiger partial charge is 0.0584 e. The second-order valence-electron chi connectivity index (χ2n) is 6.44. The zero-order valence-electron chi connectivity index (χ0n) is 11.7. The summed E-state index contributed by atoms with van der Waals surface area (Å²) in [6.07, 6.45) is 10.2. The van der Waals surface area contributed by atoms with E-state index in [1.807, 2.05) is 0 Å². The van der Waals surface area contributed by atoms with Gasteiger partial charge in [-0.3, -0.25) is 0 Å². The van der Waals surface area contributed by atoms with Gasteiger partial charge in [0.2, 0.25) is 0 Å². The minimum absolute atomic E-state index is 0.544. The van der Waals surface area contributed by atoms with Crippen LogP contribution < -0.4 is 5.32 Å². The molecule has 2 atom stereocenters. The van der Waals surface area contributed by atoms with Crippen LogP contribution in [0.3, 0.4) is 0 Å². The molecule has 0 spiro atoms. The highest BCUT2D eigenvalue weighted by Gasteiger charge is 2.28. The molecule has 0 radical (unpaired) electrons. The van der Waals surface area contributed by atoms with Gasteiger partial charge in [0.05, 0.1) is 12.2 Å². The van der Waals surface area contributed by atoms with Crippen molar-refractivity contribution in [3.8, 4) is 0 Å². The zero-order valence-corrected chi connectivity index (χ0v) is 11.7. The quantitative estimate of drug-likeness (QED) is 0.815. The van der Waals surface area contributed by atoms with Crippen LogP contribution in [0, 0.1) is 11.8 Å². The first-order chi connectivity index (χ1) is 8.17. The van der Waals surface area contributed by atoms with Crippen LogP contribution in [0.1, 0.15) is 58.8 Å². The van der Waals surface area contributed by atoms with Crippen molar-refractivity contribution >= 4 is 0 Å². The maximum Gasteiger partial charge on any atom is 0.0584 e. The molecule has 2 aliphatic carbocycles. The normalized spacial score (nSPS) is 43.6. The molecule has 100 valence electrons. The van der Waals surface area contributed by atoms with E-state index in [-0.39, 0.29) is 0 Å². The van der Waals surface area contributed by atoms with Crippen LogP contribution in [-0.2, 0) is 4.74 Å². The lowest BCUT2D eigenvalue weighted by atomic mass is 9.81. The Morgan fingerprint density at radius 1 is 0.824 bits per heavy atom. The molecule has 2 saturated carbocycles. The Kier molecular flexibility index (Phi) is 4.87. The zero-order chi connectivity index (χ0) is 12.3. The third-order valence-corrected chi connectivity index (χ3v) is 4.60. The summed E-state index contributed by atoms with van der Waals surface area (Å²) < 4.78 is 6.34. The van der Waals surface area contributed by atoms with E-state index in [4.69, 9.17) is 4.74 Å². The third-order valence-electron chi connectivity index (χ3n) is 4.60. The standard InChI is InChI=1S/C15H29NO/c1-11-8-12(2)10-15(9-11)17-14-6-4-13(16-3)5-7-14/h11-16H,4-10H2,1-3H3. The minimum Gasteiger partial charge on any atom is -0.375 e. The second kappa shape index (κ2) is 6.19. The van der Waals surface area contributed by atoms with Crippen molar-refractivity contribution < 1.29 is 4.74 Å². The topological polar surface area (TPSA) is 21.3 Å². The summed E-state index contributed by atoms with van der Waals surface area (Å²) >= 11 is 0. The molecular weight excluding hydrogens is 210 g/mol. The van der Waals surface area contributed by atoms with Crippen LogP contribution in [0.25, 0.3) is 0 Å². The van der Waals surface area contributed by atoms with Crippen molar-refractivity contribution in [1.82, 2.24) is 5.32 Å². The third kappa shape index (κ3) is 3.96. The summed E-state index contributed by atoms with van der Waals surface area (Å²) in [5, 5.41) is 3.39. The molecule has 0 aromatic heterocycles. The molecule has 0 aromatic carbocycles. The summed E-state index contributed by atoms with van der Waals surface area (Å²) in [6, 6.07) is 0.735. The molecule has 2 unspecified atom stereocenters. The highest BCUT2D eigenvalue weighted by molar-refractivity contribution is 4.80. The Balaban J connectivity index is 1.74. The van der Waals surface area contributed by atoms with Gasteiger partial charge in [-0.25, -0.2) is 0 Å². The van der Waals surface area contributed by atoms with Gasteiger partial charge in [-0.2, -0.15) is 0 Å². The van der Waals surface area contributed by atoms with Crippen LogP contribution in [0.5, 0.6) is 0 Å². The SMILES string of the molecule is CNC1CCC(OC2CC(C)CC(C)C2)CC1. The maximum absolute atomic E-state index is 6.34. The fourth-order valence-electron chi connectivity index (χ4n) is 3.74. The van der Waals surface area contributed by atoms with Gasteiger partial charge in [0.15, 0.2) is 0 Å². The van der Waals surface area contributed by atoms with Crippen LogP contribution in [-0.4, -0.2) is 25.3 Å². The molecule has 2 heteroatoms. The summed E-state index contributed by atoms with van der Waals surface area (Å²) in [6.45, 7) is 4.76. The molecule has 0 bridgehead atoms. The monoisotopic (exact) mass is 239 g/mol. The number of ether oxygens (including phenoxy) is 1. The predicted molar refractivity (Wildman–Crippen MR) is 72.2 cm³/mol. The van der Waals surface area contributed by atoms with Crippen molar-refractivity contribution in [2.45, 2.75) is 77.0 Å². The number of hydrogen-bond donors (Lipinski definition) is 1. The Morgan fingerprint density at radius 3 is 1.94 bits per heavy atom. The van der Waals surface area contributed by atoms with Crippen LogP contribution in [0.15, 0.2) is 0 Å². The van der Waals surface area contributed by atoms with Gasteiger partial charge in [-0.1, -0.05) is 13.8 Å². The van der Waals surface area contributed by atoms with Gasteiger partial charge in [0.1, 0.15) is 0 Å². The molecule has 2 fully saturated rings. The average molecular weight is 239 g/mol. The van der Waals surface area contributed by atoms with Gasteiger partial charge < -0.3 is 10.1 Å². The van der Waals surface area contributed by atoms with Crippen molar-refractivity contribution in [3.05, 3.63) is 0 Å². The molecule has 0 heterocycles. The van der Waals surface area contributed by atoms with E-state index >= 15 is 0 Å². The lowest BCUT2D eigenvalue weighted by Crippen LogP contribution is -2.36. The van der Waals surface area contributed by atoms with Crippen molar-refractivity contribution in [3.63, 3.8) is 0 Å². The summed E-state index contributed by atoms with van der Waals surface area (Å²) in [7, 11) is 2.08. The van der Waals surface area contributed by atoms with E-state index in [9.17, 15) is 0 Å². The minimum atomic E-state index is 0.544. The predicted octanol–water partition coefficient (Wildman–Crippen LogP) is 3.36. The Morgan fingerprint density at radius 2 is 1.41 bits per heavy atom. The Hall–Kier alpha value is -0.0800. The summed E-state index contributed by atoms with van der Waals surface area (Å²) in [5.74, 6) is 1.72. The van der Waals surface area contributed by atoms with Crippen LogP contribution in [0.4, 0.5) is 0 Å². The highest BCUT2D eigenvalue weighted by Crippen LogP contribution is 2.33. The van der Waals surface area contributed by atoms with Gasteiger partial charge in [0, 0.05) is 6.04 Å². The fourth-order valence-corrected chi connectivity index (χ4v) is 3.74.